The fraction of sp³-hybridized carbons (Fsp3) is 0.360. The van der Waals surface area contributed by atoms with Crippen LogP contribution in [0.1, 0.15) is 35.1 Å². The van der Waals surface area contributed by atoms with Crippen molar-refractivity contribution in [3.63, 3.8) is 0 Å². The molecule has 1 amide bonds. The monoisotopic (exact) mass is 456 g/mol. The quantitative estimate of drug-likeness (QED) is 0.423. The number of rotatable bonds is 10. The van der Waals surface area contributed by atoms with Gasteiger partial charge in [0.1, 0.15) is 12.3 Å². The molecule has 0 saturated heterocycles. The predicted molar refractivity (Wildman–Crippen MR) is 119 cm³/mol. The van der Waals surface area contributed by atoms with E-state index < -0.39 is 12.5 Å². The Morgan fingerprint density at radius 1 is 1.15 bits per heavy atom. The number of alkyl halides is 2. The van der Waals surface area contributed by atoms with Crippen LogP contribution >= 0.6 is 0 Å². The summed E-state index contributed by atoms with van der Waals surface area (Å²) in [5.41, 5.74) is 3.85. The van der Waals surface area contributed by atoms with E-state index >= 15 is 0 Å². The summed E-state index contributed by atoms with van der Waals surface area (Å²) in [5.74, 6) is 0.440. The molecule has 0 heterocycles. The van der Waals surface area contributed by atoms with Crippen LogP contribution in [0.5, 0.6) is 11.5 Å². The largest absolute Gasteiger partial charge is 0.493 e. The van der Waals surface area contributed by atoms with E-state index in [1.807, 2.05) is 24.3 Å². The second-order valence-corrected chi connectivity index (χ2v) is 7.56. The first kappa shape index (κ1) is 24.1. The Balaban J connectivity index is 1.68. The highest BCUT2D eigenvalue weighted by atomic mass is 19.3. The van der Waals surface area contributed by atoms with Crippen molar-refractivity contribution in [2.75, 3.05) is 20.3 Å². The molecular formula is C25H26F2N2O4. The van der Waals surface area contributed by atoms with Gasteiger partial charge in [-0.3, -0.25) is 4.79 Å². The lowest BCUT2D eigenvalue weighted by molar-refractivity contribution is -0.116. The first-order valence-electron chi connectivity index (χ1n) is 10.7. The number of methoxy groups -OCH3 is 1. The van der Waals surface area contributed by atoms with Gasteiger partial charge in [-0.25, -0.2) is 0 Å². The lowest BCUT2D eigenvalue weighted by atomic mass is 9.89. The molecule has 0 saturated carbocycles. The number of hydrogen-bond acceptors (Lipinski definition) is 5. The molecule has 0 bridgehead atoms. The second-order valence-electron chi connectivity index (χ2n) is 7.56. The molecule has 0 spiro atoms. The molecule has 1 aliphatic rings. The summed E-state index contributed by atoms with van der Waals surface area (Å²) in [6, 6.07) is 12.8. The molecule has 0 atom stereocenters. The summed E-state index contributed by atoms with van der Waals surface area (Å²) >= 11 is 0. The van der Waals surface area contributed by atoms with Crippen LogP contribution in [0, 0.1) is 11.3 Å². The molecule has 3 rings (SSSR count). The van der Waals surface area contributed by atoms with Crippen LogP contribution in [0.2, 0.25) is 0 Å². The molecule has 0 aromatic heterocycles. The summed E-state index contributed by atoms with van der Waals surface area (Å²) < 4.78 is 40.3. The van der Waals surface area contributed by atoms with Crippen LogP contribution in [-0.4, -0.2) is 32.8 Å². The minimum absolute atomic E-state index is 0.0569. The molecule has 1 aliphatic carbocycles. The van der Waals surface area contributed by atoms with Gasteiger partial charge in [-0.15, -0.1) is 0 Å². The number of benzene rings is 2. The van der Waals surface area contributed by atoms with Crippen LogP contribution in [0.15, 0.2) is 42.7 Å². The number of halogens is 2. The number of aryl methyl sites for hydroxylation is 2. The fourth-order valence-electron chi connectivity index (χ4n) is 3.79. The Kier molecular flexibility index (Phi) is 8.64. The number of nitrogens with one attached hydrogen (secondary N) is 1. The molecule has 0 aliphatic heterocycles. The molecule has 0 fully saturated rings. The average molecular weight is 456 g/mol. The Labute approximate surface area is 191 Å². The number of nitrogens with zero attached hydrogens (tertiary/aromatic N) is 1. The SMILES string of the molecule is COc1cc(CCNC(=O)C(=COC(F)F)c2ccc3c(c2)CCCC3)ccc1OCC#N. The third-order valence-corrected chi connectivity index (χ3v) is 5.41. The van der Waals surface area contributed by atoms with Gasteiger partial charge < -0.3 is 19.5 Å². The summed E-state index contributed by atoms with van der Waals surface area (Å²) in [5, 5.41) is 11.4. The average Bonchev–Trinajstić information content (AvgIpc) is 2.83. The lowest BCUT2D eigenvalue weighted by Gasteiger charge is -2.17. The molecule has 0 radical (unpaired) electrons. The van der Waals surface area contributed by atoms with E-state index in [0.29, 0.717) is 23.5 Å². The lowest BCUT2D eigenvalue weighted by Crippen LogP contribution is -2.27. The first-order chi connectivity index (χ1) is 16.0. The second kappa shape index (κ2) is 11.9. The van der Waals surface area contributed by atoms with E-state index in [9.17, 15) is 13.6 Å². The number of nitriles is 1. The summed E-state index contributed by atoms with van der Waals surface area (Å²) in [6.07, 6.45) is 5.39. The van der Waals surface area contributed by atoms with Crippen molar-refractivity contribution in [2.24, 2.45) is 0 Å². The standard InChI is InChI=1S/C25H26F2N2O4/c1-31-23-14-17(6-9-22(23)32-13-11-28)10-12-29-24(30)21(16-33-25(26)27)20-8-7-18-4-2-3-5-19(18)15-20/h6-9,14-16,25H,2-5,10,12-13H2,1H3,(H,29,30). The van der Waals surface area contributed by atoms with Crippen molar-refractivity contribution < 1.29 is 27.8 Å². The van der Waals surface area contributed by atoms with Gasteiger partial charge in [0.25, 0.3) is 5.91 Å². The van der Waals surface area contributed by atoms with Gasteiger partial charge in [0.2, 0.25) is 0 Å². The zero-order valence-electron chi connectivity index (χ0n) is 18.4. The molecule has 0 unspecified atom stereocenters. The van der Waals surface area contributed by atoms with Crippen LogP contribution in [0.4, 0.5) is 8.78 Å². The van der Waals surface area contributed by atoms with Crippen molar-refractivity contribution in [2.45, 2.75) is 38.7 Å². The van der Waals surface area contributed by atoms with Gasteiger partial charge >= 0.3 is 6.61 Å². The molecule has 174 valence electrons. The van der Waals surface area contributed by atoms with Crippen molar-refractivity contribution in [3.05, 3.63) is 64.9 Å². The van der Waals surface area contributed by atoms with Crippen molar-refractivity contribution in [3.8, 4) is 17.6 Å². The number of ether oxygens (including phenoxy) is 3. The van der Waals surface area contributed by atoms with Gasteiger partial charge in [0, 0.05) is 6.54 Å². The molecule has 1 N–H and O–H groups in total. The smallest absolute Gasteiger partial charge is 0.386 e. The Morgan fingerprint density at radius 3 is 2.67 bits per heavy atom. The molecule has 2 aromatic carbocycles. The molecule has 6 nitrogen and oxygen atoms in total. The van der Waals surface area contributed by atoms with Crippen molar-refractivity contribution in [1.29, 1.82) is 5.26 Å². The Bertz CT molecular complexity index is 1050. The zero-order chi connectivity index (χ0) is 23.6. The summed E-state index contributed by atoms with van der Waals surface area (Å²) in [7, 11) is 1.50. The highest BCUT2D eigenvalue weighted by Gasteiger charge is 2.17. The highest BCUT2D eigenvalue weighted by Crippen LogP contribution is 2.28. The number of hydrogen-bond donors (Lipinski definition) is 1. The van der Waals surface area contributed by atoms with E-state index in [2.05, 4.69) is 10.1 Å². The number of carbonyl (C=O) groups is 1. The third kappa shape index (κ3) is 6.69. The predicted octanol–water partition coefficient (Wildman–Crippen LogP) is 4.42. The molecular weight excluding hydrogens is 430 g/mol. The van der Waals surface area contributed by atoms with Crippen LogP contribution in [0.3, 0.4) is 0 Å². The normalized spacial score (nSPS) is 13.1. The van der Waals surface area contributed by atoms with E-state index in [0.717, 1.165) is 43.1 Å². The molecule has 33 heavy (non-hydrogen) atoms. The van der Waals surface area contributed by atoms with Crippen molar-refractivity contribution >= 4 is 11.5 Å². The van der Waals surface area contributed by atoms with Gasteiger partial charge in [0.05, 0.1) is 12.7 Å². The van der Waals surface area contributed by atoms with Gasteiger partial charge in [-0.2, -0.15) is 14.0 Å². The number of amides is 1. The van der Waals surface area contributed by atoms with Crippen LogP contribution < -0.4 is 14.8 Å². The number of fused-ring (bicyclic) bond motifs is 1. The first-order valence-corrected chi connectivity index (χ1v) is 10.7. The molecule has 2 aromatic rings. The minimum Gasteiger partial charge on any atom is -0.493 e. The van der Waals surface area contributed by atoms with Crippen molar-refractivity contribution in [1.82, 2.24) is 5.32 Å². The van der Waals surface area contributed by atoms with E-state index in [-0.39, 0.29) is 18.7 Å². The Hall–Kier alpha value is -3.60. The number of carbonyl (C=O) groups excluding carboxylic acids is 1. The van der Waals surface area contributed by atoms with Crippen LogP contribution in [-0.2, 0) is 28.8 Å². The van der Waals surface area contributed by atoms with E-state index in [1.54, 1.807) is 18.2 Å². The van der Waals surface area contributed by atoms with E-state index in [1.165, 1.54) is 12.7 Å². The fourth-order valence-corrected chi connectivity index (χ4v) is 3.79. The highest BCUT2D eigenvalue weighted by molar-refractivity contribution is 6.19. The summed E-state index contributed by atoms with van der Waals surface area (Å²) in [4.78, 5) is 12.8. The maximum absolute atomic E-state index is 12.8. The van der Waals surface area contributed by atoms with Crippen LogP contribution in [0.25, 0.3) is 5.57 Å². The van der Waals surface area contributed by atoms with E-state index in [4.69, 9.17) is 14.7 Å². The maximum atomic E-state index is 12.8. The van der Waals surface area contributed by atoms with Gasteiger partial charge in [-0.1, -0.05) is 24.3 Å². The van der Waals surface area contributed by atoms with Gasteiger partial charge in [-0.05, 0) is 66.5 Å². The molecule has 8 heteroatoms. The Morgan fingerprint density at radius 2 is 1.94 bits per heavy atom. The third-order valence-electron chi connectivity index (χ3n) is 5.41. The van der Waals surface area contributed by atoms with Gasteiger partial charge in [0.15, 0.2) is 18.1 Å². The zero-order valence-corrected chi connectivity index (χ0v) is 18.4. The minimum atomic E-state index is -3.01. The summed E-state index contributed by atoms with van der Waals surface area (Å²) in [6.45, 7) is -2.83. The topological polar surface area (TPSA) is 80.6 Å². The maximum Gasteiger partial charge on any atom is 0.386 e.